The molecular weight excluding hydrogens is 154 g/mol. The predicted octanol–water partition coefficient (Wildman–Crippen LogP) is 1.42. The van der Waals surface area contributed by atoms with Gasteiger partial charge in [-0.1, -0.05) is 0 Å². The largest absolute Gasteiger partial charge is 0.423 e. The first-order chi connectivity index (χ1) is 5.66. The smallest absolute Gasteiger partial charge is 0.249 e. The molecule has 62 valence electrons. The van der Waals surface area contributed by atoms with Crippen molar-refractivity contribution in [2.75, 3.05) is 5.73 Å². The van der Waals surface area contributed by atoms with E-state index in [4.69, 9.17) is 10.2 Å². The van der Waals surface area contributed by atoms with Crippen molar-refractivity contribution in [2.24, 2.45) is 0 Å². The lowest BCUT2D eigenvalue weighted by Gasteiger charge is -1.93. The van der Waals surface area contributed by atoms with Crippen molar-refractivity contribution in [2.45, 2.75) is 13.8 Å². The van der Waals surface area contributed by atoms with Crippen LogP contribution in [-0.2, 0) is 0 Å². The quantitative estimate of drug-likeness (QED) is 0.637. The second-order valence-corrected chi connectivity index (χ2v) is 2.75. The topological polar surface area (TPSA) is 64.9 Å². The zero-order valence-electron chi connectivity index (χ0n) is 6.96. The van der Waals surface area contributed by atoms with Gasteiger partial charge in [0, 0.05) is 6.92 Å². The molecule has 12 heavy (non-hydrogen) atoms. The maximum atomic E-state index is 5.54. The molecule has 0 bridgehead atoms. The van der Waals surface area contributed by atoms with Gasteiger partial charge in [0.25, 0.3) is 0 Å². The van der Waals surface area contributed by atoms with Crippen LogP contribution in [0.15, 0.2) is 10.5 Å². The maximum absolute atomic E-state index is 5.54. The SMILES string of the molecule is Cc1nc2c(C)cc(N)nc2o1. The molecule has 2 aromatic heterocycles. The first-order valence-corrected chi connectivity index (χ1v) is 3.67. The Bertz CT molecular complexity index is 433. The van der Waals surface area contributed by atoms with Gasteiger partial charge in [0.1, 0.15) is 11.3 Å². The summed E-state index contributed by atoms with van der Waals surface area (Å²) in [5.41, 5.74) is 7.84. The molecule has 0 aliphatic rings. The molecule has 0 aliphatic carbocycles. The average Bonchev–Trinajstić information content (AvgIpc) is 2.29. The molecule has 0 fully saturated rings. The Balaban J connectivity index is 2.88. The van der Waals surface area contributed by atoms with Crippen LogP contribution in [0.2, 0.25) is 0 Å². The molecular formula is C8H9N3O. The normalized spacial score (nSPS) is 10.8. The number of rotatable bonds is 0. The molecule has 0 saturated carbocycles. The lowest BCUT2D eigenvalue weighted by Crippen LogP contribution is -1.90. The monoisotopic (exact) mass is 163 g/mol. The van der Waals surface area contributed by atoms with Crippen molar-refractivity contribution in [3.05, 3.63) is 17.5 Å². The first-order valence-electron chi connectivity index (χ1n) is 3.67. The third-order valence-electron chi connectivity index (χ3n) is 1.68. The lowest BCUT2D eigenvalue weighted by molar-refractivity contribution is 0.552. The molecule has 0 unspecified atom stereocenters. The van der Waals surface area contributed by atoms with E-state index < -0.39 is 0 Å². The number of nitrogens with two attached hydrogens (primary N) is 1. The van der Waals surface area contributed by atoms with Gasteiger partial charge in [-0.2, -0.15) is 4.98 Å². The molecule has 2 rings (SSSR count). The summed E-state index contributed by atoms with van der Waals surface area (Å²) in [4.78, 5) is 8.18. The molecule has 0 aromatic carbocycles. The maximum Gasteiger partial charge on any atom is 0.249 e. The zero-order chi connectivity index (χ0) is 8.72. The lowest BCUT2D eigenvalue weighted by atomic mass is 10.2. The molecule has 0 atom stereocenters. The standard InChI is InChI=1S/C8H9N3O/c1-4-3-6(9)11-8-7(4)10-5(2)12-8/h3H,1-2H3,(H2,9,11). The Morgan fingerprint density at radius 3 is 2.83 bits per heavy atom. The van der Waals surface area contributed by atoms with Crippen LogP contribution in [0.25, 0.3) is 11.2 Å². The molecule has 2 N–H and O–H groups in total. The fourth-order valence-corrected chi connectivity index (χ4v) is 1.19. The van der Waals surface area contributed by atoms with E-state index in [1.54, 1.807) is 13.0 Å². The van der Waals surface area contributed by atoms with E-state index in [0.29, 0.717) is 17.4 Å². The molecule has 0 saturated heterocycles. The van der Waals surface area contributed by atoms with Gasteiger partial charge in [-0.15, -0.1) is 0 Å². The van der Waals surface area contributed by atoms with Crippen LogP contribution < -0.4 is 5.73 Å². The highest BCUT2D eigenvalue weighted by Crippen LogP contribution is 2.18. The van der Waals surface area contributed by atoms with Crippen molar-refractivity contribution in [3.63, 3.8) is 0 Å². The Kier molecular flexibility index (Phi) is 1.30. The number of anilines is 1. The van der Waals surface area contributed by atoms with E-state index in [9.17, 15) is 0 Å². The van der Waals surface area contributed by atoms with Crippen molar-refractivity contribution in [1.82, 2.24) is 9.97 Å². The van der Waals surface area contributed by atoms with Crippen molar-refractivity contribution in [1.29, 1.82) is 0 Å². The van der Waals surface area contributed by atoms with Crippen LogP contribution in [0.4, 0.5) is 5.82 Å². The van der Waals surface area contributed by atoms with Crippen LogP contribution in [0.5, 0.6) is 0 Å². The van der Waals surface area contributed by atoms with Gasteiger partial charge < -0.3 is 10.2 Å². The average molecular weight is 163 g/mol. The van der Waals surface area contributed by atoms with E-state index in [1.165, 1.54) is 0 Å². The first kappa shape index (κ1) is 7.09. The summed E-state index contributed by atoms with van der Waals surface area (Å²) >= 11 is 0. The summed E-state index contributed by atoms with van der Waals surface area (Å²) in [7, 11) is 0. The minimum absolute atomic E-state index is 0.469. The molecule has 2 heterocycles. The molecule has 4 heteroatoms. The number of oxazole rings is 1. The summed E-state index contributed by atoms with van der Waals surface area (Å²) in [6, 6.07) is 1.78. The third-order valence-corrected chi connectivity index (χ3v) is 1.68. The van der Waals surface area contributed by atoms with Gasteiger partial charge in [-0.05, 0) is 18.6 Å². The van der Waals surface area contributed by atoms with E-state index in [-0.39, 0.29) is 0 Å². The van der Waals surface area contributed by atoms with Crippen LogP contribution in [0.3, 0.4) is 0 Å². The summed E-state index contributed by atoms with van der Waals surface area (Å²) < 4.78 is 5.23. The Morgan fingerprint density at radius 2 is 2.08 bits per heavy atom. The molecule has 0 amide bonds. The molecule has 0 radical (unpaired) electrons. The number of pyridine rings is 1. The minimum atomic E-state index is 0.469. The van der Waals surface area contributed by atoms with Crippen LogP contribution in [0, 0.1) is 13.8 Å². The Morgan fingerprint density at radius 1 is 1.33 bits per heavy atom. The van der Waals surface area contributed by atoms with E-state index in [2.05, 4.69) is 9.97 Å². The highest BCUT2D eigenvalue weighted by atomic mass is 16.4. The summed E-state index contributed by atoms with van der Waals surface area (Å²) in [6.07, 6.45) is 0. The van der Waals surface area contributed by atoms with Crippen molar-refractivity contribution < 1.29 is 4.42 Å². The third kappa shape index (κ3) is 0.922. The summed E-state index contributed by atoms with van der Waals surface area (Å²) in [5.74, 6) is 1.09. The van der Waals surface area contributed by atoms with E-state index >= 15 is 0 Å². The number of aromatic nitrogens is 2. The number of nitrogen functional groups attached to an aromatic ring is 1. The van der Waals surface area contributed by atoms with Crippen molar-refractivity contribution in [3.8, 4) is 0 Å². The van der Waals surface area contributed by atoms with E-state index in [0.717, 1.165) is 11.1 Å². The molecule has 4 nitrogen and oxygen atoms in total. The van der Waals surface area contributed by atoms with E-state index in [1.807, 2.05) is 6.92 Å². The highest BCUT2D eigenvalue weighted by Gasteiger charge is 2.06. The molecule has 0 spiro atoms. The van der Waals surface area contributed by atoms with Crippen LogP contribution in [-0.4, -0.2) is 9.97 Å². The fraction of sp³-hybridized carbons (Fsp3) is 0.250. The number of fused-ring (bicyclic) bond motifs is 1. The van der Waals surface area contributed by atoms with Gasteiger partial charge >= 0.3 is 0 Å². The van der Waals surface area contributed by atoms with Gasteiger partial charge in [0.15, 0.2) is 5.89 Å². The van der Waals surface area contributed by atoms with Crippen LogP contribution >= 0.6 is 0 Å². The minimum Gasteiger partial charge on any atom is -0.423 e. The van der Waals surface area contributed by atoms with Gasteiger partial charge in [-0.3, -0.25) is 0 Å². The second kappa shape index (κ2) is 2.20. The second-order valence-electron chi connectivity index (χ2n) is 2.75. The van der Waals surface area contributed by atoms with Gasteiger partial charge in [-0.25, -0.2) is 4.98 Å². The summed E-state index contributed by atoms with van der Waals surface area (Å²) in [6.45, 7) is 3.72. The Labute approximate surface area is 69.4 Å². The predicted molar refractivity (Wildman–Crippen MR) is 45.7 cm³/mol. The number of nitrogens with zero attached hydrogens (tertiary/aromatic N) is 2. The molecule has 0 aliphatic heterocycles. The highest BCUT2D eigenvalue weighted by molar-refractivity contribution is 5.74. The molecule has 2 aromatic rings. The number of hydrogen-bond acceptors (Lipinski definition) is 4. The van der Waals surface area contributed by atoms with Crippen LogP contribution in [0.1, 0.15) is 11.5 Å². The summed E-state index contributed by atoms with van der Waals surface area (Å²) in [5, 5.41) is 0. The van der Waals surface area contributed by atoms with Gasteiger partial charge in [0.05, 0.1) is 0 Å². The van der Waals surface area contributed by atoms with Gasteiger partial charge in [0.2, 0.25) is 5.71 Å². The Hall–Kier alpha value is -1.58. The fourth-order valence-electron chi connectivity index (χ4n) is 1.19. The van der Waals surface area contributed by atoms with Crippen molar-refractivity contribution >= 4 is 17.0 Å². The number of aryl methyl sites for hydroxylation is 2. The number of hydrogen-bond donors (Lipinski definition) is 1. The zero-order valence-corrected chi connectivity index (χ0v) is 6.96.